The highest BCUT2D eigenvalue weighted by atomic mass is 79.9. The summed E-state index contributed by atoms with van der Waals surface area (Å²) in [5, 5.41) is 6.49. The molecule has 5 nitrogen and oxygen atoms in total. The van der Waals surface area contributed by atoms with E-state index in [1.807, 2.05) is 31.2 Å². The van der Waals surface area contributed by atoms with Gasteiger partial charge in [-0.25, -0.2) is 4.98 Å². The first-order valence-electron chi connectivity index (χ1n) is 6.82. The van der Waals surface area contributed by atoms with Crippen molar-refractivity contribution in [3.63, 3.8) is 0 Å². The van der Waals surface area contributed by atoms with Gasteiger partial charge in [-0.15, -0.1) is 0 Å². The van der Waals surface area contributed by atoms with Crippen LogP contribution in [0, 0.1) is 6.92 Å². The Balaban J connectivity index is 2.24. The molecule has 0 radical (unpaired) electrons. The molecule has 1 aromatic carbocycles. The molecule has 0 fully saturated rings. The molecular weight excluding hydrogens is 332 g/mol. The van der Waals surface area contributed by atoms with Gasteiger partial charge in [0, 0.05) is 28.8 Å². The van der Waals surface area contributed by atoms with Gasteiger partial charge >= 0.3 is 0 Å². The largest absolute Gasteiger partial charge is 0.497 e. The summed E-state index contributed by atoms with van der Waals surface area (Å²) in [6.07, 6.45) is 1.03. The highest BCUT2D eigenvalue weighted by Gasteiger charge is 2.06. The summed E-state index contributed by atoms with van der Waals surface area (Å²) in [4.78, 5) is 8.84. The number of anilines is 3. The minimum atomic E-state index is 0.637. The van der Waals surface area contributed by atoms with E-state index in [9.17, 15) is 0 Å². The second-order valence-corrected chi connectivity index (χ2v) is 5.47. The van der Waals surface area contributed by atoms with E-state index in [4.69, 9.17) is 4.74 Å². The number of halogens is 1. The highest BCUT2D eigenvalue weighted by Crippen LogP contribution is 2.29. The molecule has 2 rings (SSSR count). The lowest BCUT2D eigenvalue weighted by molar-refractivity contribution is 0.415. The van der Waals surface area contributed by atoms with Crippen LogP contribution in [0.15, 0.2) is 28.7 Å². The van der Waals surface area contributed by atoms with Crippen molar-refractivity contribution in [1.82, 2.24) is 9.97 Å². The van der Waals surface area contributed by atoms with E-state index in [-0.39, 0.29) is 0 Å². The molecular formula is C15H19BrN4O. The fourth-order valence-corrected chi connectivity index (χ4v) is 2.16. The number of nitrogens with one attached hydrogen (secondary N) is 2. The van der Waals surface area contributed by atoms with E-state index in [2.05, 4.69) is 43.5 Å². The summed E-state index contributed by atoms with van der Waals surface area (Å²) in [6.45, 7) is 4.91. The van der Waals surface area contributed by atoms with Crippen LogP contribution in [0.2, 0.25) is 0 Å². The Hall–Kier alpha value is -1.82. The Morgan fingerprint density at radius 2 is 2.05 bits per heavy atom. The molecule has 1 heterocycles. The van der Waals surface area contributed by atoms with Crippen LogP contribution in [-0.4, -0.2) is 23.6 Å². The molecule has 0 amide bonds. The Morgan fingerprint density at radius 1 is 1.24 bits per heavy atom. The van der Waals surface area contributed by atoms with Gasteiger partial charge in [0.2, 0.25) is 5.95 Å². The Bertz CT molecular complexity index is 619. The summed E-state index contributed by atoms with van der Waals surface area (Å²) in [6, 6.07) is 7.66. The highest BCUT2D eigenvalue weighted by molar-refractivity contribution is 9.10. The van der Waals surface area contributed by atoms with Crippen molar-refractivity contribution < 1.29 is 4.74 Å². The minimum Gasteiger partial charge on any atom is -0.497 e. The SMILES string of the molecule is CCCNc1nc(C)cc(Nc2cc(OC)ccc2Br)n1. The van der Waals surface area contributed by atoms with Crippen LogP contribution in [0.25, 0.3) is 0 Å². The van der Waals surface area contributed by atoms with Crippen molar-refractivity contribution in [3.8, 4) is 5.75 Å². The van der Waals surface area contributed by atoms with Crippen LogP contribution in [0.5, 0.6) is 5.75 Å². The van der Waals surface area contributed by atoms with E-state index >= 15 is 0 Å². The number of hydrogen-bond donors (Lipinski definition) is 2. The molecule has 2 N–H and O–H groups in total. The van der Waals surface area contributed by atoms with E-state index in [1.54, 1.807) is 7.11 Å². The Morgan fingerprint density at radius 3 is 2.76 bits per heavy atom. The first-order chi connectivity index (χ1) is 10.1. The summed E-state index contributed by atoms with van der Waals surface area (Å²) in [7, 11) is 1.65. The number of aromatic nitrogens is 2. The zero-order valence-electron chi connectivity index (χ0n) is 12.4. The third-order valence-corrected chi connectivity index (χ3v) is 3.52. The van der Waals surface area contributed by atoms with E-state index < -0.39 is 0 Å². The lowest BCUT2D eigenvalue weighted by Gasteiger charge is -2.12. The summed E-state index contributed by atoms with van der Waals surface area (Å²) in [5.74, 6) is 2.17. The first-order valence-corrected chi connectivity index (χ1v) is 7.61. The van der Waals surface area contributed by atoms with Crippen molar-refractivity contribution in [2.24, 2.45) is 0 Å². The van der Waals surface area contributed by atoms with Gasteiger partial charge < -0.3 is 15.4 Å². The van der Waals surface area contributed by atoms with Crippen LogP contribution >= 0.6 is 15.9 Å². The third kappa shape index (κ3) is 4.32. The van der Waals surface area contributed by atoms with Gasteiger partial charge in [-0.3, -0.25) is 0 Å². The molecule has 0 aliphatic rings. The van der Waals surface area contributed by atoms with Crippen LogP contribution < -0.4 is 15.4 Å². The summed E-state index contributed by atoms with van der Waals surface area (Å²) < 4.78 is 6.19. The number of benzene rings is 1. The average molecular weight is 351 g/mol. The first kappa shape index (κ1) is 15.6. The molecule has 0 unspecified atom stereocenters. The zero-order valence-corrected chi connectivity index (χ0v) is 14.0. The zero-order chi connectivity index (χ0) is 15.2. The van der Waals surface area contributed by atoms with Gasteiger partial charge in [0.25, 0.3) is 0 Å². The van der Waals surface area contributed by atoms with Crippen LogP contribution in [0.1, 0.15) is 19.0 Å². The smallest absolute Gasteiger partial charge is 0.224 e. The van der Waals surface area contributed by atoms with Gasteiger partial charge in [-0.05, 0) is 41.4 Å². The molecule has 0 aliphatic heterocycles. The molecule has 0 saturated carbocycles. The second kappa shape index (κ2) is 7.26. The standard InChI is InChI=1S/C15H19BrN4O/c1-4-7-17-15-18-10(2)8-14(20-15)19-13-9-11(21-3)5-6-12(13)16/h5-6,8-9H,4,7H2,1-3H3,(H2,17,18,19,20). The normalized spacial score (nSPS) is 10.3. The maximum absolute atomic E-state index is 5.24. The quantitative estimate of drug-likeness (QED) is 0.820. The molecule has 21 heavy (non-hydrogen) atoms. The summed E-state index contributed by atoms with van der Waals surface area (Å²) in [5.41, 5.74) is 1.80. The molecule has 6 heteroatoms. The van der Waals surface area contributed by atoms with Gasteiger partial charge in [-0.2, -0.15) is 4.98 Å². The molecule has 0 atom stereocenters. The van der Waals surface area contributed by atoms with Crippen LogP contribution in [-0.2, 0) is 0 Å². The van der Waals surface area contributed by atoms with Gasteiger partial charge in [0.05, 0.1) is 12.8 Å². The average Bonchev–Trinajstić information content (AvgIpc) is 2.47. The number of aryl methyl sites for hydroxylation is 1. The van der Waals surface area contributed by atoms with E-state index in [1.165, 1.54) is 0 Å². The third-order valence-electron chi connectivity index (χ3n) is 2.82. The molecule has 0 saturated heterocycles. The number of ether oxygens (including phenoxy) is 1. The van der Waals surface area contributed by atoms with Crippen molar-refractivity contribution in [2.45, 2.75) is 20.3 Å². The second-order valence-electron chi connectivity index (χ2n) is 4.62. The van der Waals surface area contributed by atoms with Gasteiger partial charge in [0.15, 0.2) is 0 Å². The van der Waals surface area contributed by atoms with Gasteiger partial charge in [0.1, 0.15) is 11.6 Å². The molecule has 0 spiro atoms. The topological polar surface area (TPSA) is 59.1 Å². The molecule has 1 aromatic heterocycles. The maximum atomic E-state index is 5.24. The number of nitrogens with zero attached hydrogens (tertiary/aromatic N) is 2. The van der Waals surface area contributed by atoms with Gasteiger partial charge in [-0.1, -0.05) is 6.92 Å². The van der Waals surface area contributed by atoms with E-state index in [0.29, 0.717) is 5.95 Å². The number of hydrogen-bond acceptors (Lipinski definition) is 5. The fraction of sp³-hybridized carbons (Fsp3) is 0.333. The Kier molecular flexibility index (Phi) is 5.38. The Labute approximate surface area is 133 Å². The molecule has 112 valence electrons. The van der Waals surface area contributed by atoms with E-state index in [0.717, 1.165) is 40.4 Å². The predicted molar refractivity (Wildman–Crippen MR) is 89.5 cm³/mol. The maximum Gasteiger partial charge on any atom is 0.224 e. The van der Waals surface area contributed by atoms with Crippen molar-refractivity contribution in [2.75, 3.05) is 24.3 Å². The lowest BCUT2D eigenvalue weighted by atomic mass is 10.3. The predicted octanol–water partition coefficient (Wildman–Crippen LogP) is 4.12. The lowest BCUT2D eigenvalue weighted by Crippen LogP contribution is -2.07. The van der Waals surface area contributed by atoms with Crippen LogP contribution in [0.4, 0.5) is 17.5 Å². The van der Waals surface area contributed by atoms with Crippen molar-refractivity contribution >= 4 is 33.4 Å². The van der Waals surface area contributed by atoms with Crippen LogP contribution in [0.3, 0.4) is 0 Å². The number of rotatable bonds is 6. The summed E-state index contributed by atoms with van der Waals surface area (Å²) >= 11 is 3.52. The number of methoxy groups -OCH3 is 1. The van der Waals surface area contributed by atoms with Crippen molar-refractivity contribution in [1.29, 1.82) is 0 Å². The fourth-order valence-electron chi connectivity index (χ4n) is 1.81. The molecule has 2 aromatic rings. The minimum absolute atomic E-state index is 0.637. The molecule has 0 bridgehead atoms. The molecule has 0 aliphatic carbocycles. The monoisotopic (exact) mass is 350 g/mol. The van der Waals surface area contributed by atoms with Crippen molar-refractivity contribution in [3.05, 3.63) is 34.4 Å².